The molecular formula is C41H46N12O24S. The first-order chi connectivity index (χ1) is 37.5. The topological polar surface area (TPSA) is 433 Å². The van der Waals surface area contributed by atoms with Crippen molar-refractivity contribution in [3.8, 4) is 46.0 Å². The third kappa shape index (κ3) is 19.2. The second-order valence-electron chi connectivity index (χ2n) is 14.5. The van der Waals surface area contributed by atoms with Crippen LogP contribution in [0.25, 0.3) is 22.9 Å². The van der Waals surface area contributed by atoms with Gasteiger partial charge in [0.25, 0.3) is 31.2 Å². The van der Waals surface area contributed by atoms with Gasteiger partial charge in [0.2, 0.25) is 11.6 Å². The standard InChI is InChI=1S/C41H46N12O24S/c1-28-9-10-33(43-25-28)78(63,64)50(27-73-41(56)71-19-15-67-17-23-76-53(61)62)38-35(77-32-7-4-3-6-31(32)65-2)39(69-21-20-68-34(54)8-5-13-74-51(57)58)45-36(44-38)29-11-12-42-30(24-29)37-46-47-48-49(37)26-72-40(55)70-18-14-66-16-22-75-52(59)60/h3-4,6-7,9-12,24-25H,5,8,13-23,26-27H2,1-2H3. The minimum Gasteiger partial charge on any atom is -0.493 e. The molecular weight excluding hydrogens is 1080 g/mol. The Bertz CT molecular complexity index is 2920. The minimum atomic E-state index is -5.00. The van der Waals surface area contributed by atoms with Gasteiger partial charge in [0.1, 0.15) is 45.3 Å². The Hall–Kier alpha value is -9.65. The van der Waals surface area contributed by atoms with Gasteiger partial charge in [0, 0.05) is 24.4 Å². The lowest BCUT2D eigenvalue weighted by Gasteiger charge is -2.26. The Morgan fingerprint density at radius 1 is 0.718 bits per heavy atom. The molecule has 0 radical (unpaired) electrons. The molecule has 420 valence electrons. The lowest BCUT2D eigenvalue weighted by Crippen LogP contribution is -2.36. The molecule has 78 heavy (non-hydrogen) atoms. The van der Waals surface area contributed by atoms with Crippen molar-refractivity contribution < 1.29 is 99.9 Å². The monoisotopic (exact) mass is 1120 g/mol. The zero-order valence-corrected chi connectivity index (χ0v) is 41.8. The molecule has 0 N–H and O–H groups in total. The van der Waals surface area contributed by atoms with Crippen molar-refractivity contribution >= 4 is 34.1 Å². The van der Waals surface area contributed by atoms with Crippen molar-refractivity contribution in [1.29, 1.82) is 0 Å². The van der Waals surface area contributed by atoms with Crippen LogP contribution in [0.5, 0.6) is 23.1 Å². The van der Waals surface area contributed by atoms with Crippen LogP contribution in [0.15, 0.2) is 66.0 Å². The number of hydrogen-bond donors (Lipinski definition) is 0. The van der Waals surface area contributed by atoms with Crippen LogP contribution < -0.4 is 18.5 Å². The molecule has 0 aliphatic rings. The molecule has 0 saturated heterocycles. The second kappa shape index (κ2) is 30.7. The number of methoxy groups -OCH3 is 1. The highest BCUT2D eigenvalue weighted by Gasteiger charge is 2.35. The molecule has 0 aliphatic heterocycles. The molecule has 0 aliphatic carbocycles. The van der Waals surface area contributed by atoms with Crippen molar-refractivity contribution in [2.75, 3.05) is 90.8 Å². The number of anilines is 1. The number of ether oxygens (including phenoxy) is 10. The number of aromatic nitrogens is 8. The normalized spacial score (nSPS) is 10.8. The SMILES string of the molecule is COc1ccccc1Oc1c(OCCOC(=O)CCCO[N+](=O)[O-])nc(-c2ccnc(-c3nnnn3COC(=O)OCCOCCO[N+](=O)[O-])c2)nc1N(COC(=O)OCCOCCO[N+](=O)[O-])S(=O)(=O)c1ccc(C)cn1. The van der Waals surface area contributed by atoms with Crippen LogP contribution in [0.3, 0.4) is 0 Å². The van der Waals surface area contributed by atoms with Gasteiger partial charge in [-0.25, -0.2) is 23.9 Å². The molecule has 37 heteroatoms. The van der Waals surface area contributed by atoms with Gasteiger partial charge in [-0.05, 0) is 59.7 Å². The van der Waals surface area contributed by atoms with E-state index in [1.165, 1.54) is 49.8 Å². The van der Waals surface area contributed by atoms with Crippen LogP contribution in [-0.2, 0) is 69.2 Å². The summed E-state index contributed by atoms with van der Waals surface area (Å²) in [4.78, 5) is 99.2. The van der Waals surface area contributed by atoms with Crippen LogP contribution >= 0.6 is 0 Å². The van der Waals surface area contributed by atoms with Crippen LogP contribution in [0.4, 0.5) is 15.4 Å². The summed E-state index contributed by atoms with van der Waals surface area (Å²) in [5.41, 5.74) is 0.601. The van der Waals surface area contributed by atoms with Gasteiger partial charge in [-0.15, -0.1) is 35.4 Å². The highest BCUT2D eigenvalue weighted by molar-refractivity contribution is 7.92. The van der Waals surface area contributed by atoms with Crippen LogP contribution in [0, 0.1) is 37.3 Å². The average Bonchev–Trinajstić information content (AvgIpc) is 3.94. The van der Waals surface area contributed by atoms with Crippen LogP contribution in [0.1, 0.15) is 18.4 Å². The zero-order valence-electron chi connectivity index (χ0n) is 41.0. The first kappa shape index (κ1) is 59.2. The fourth-order valence-electron chi connectivity index (χ4n) is 5.79. The number of sulfonamides is 1. The molecule has 0 atom stereocenters. The molecule has 0 spiro atoms. The summed E-state index contributed by atoms with van der Waals surface area (Å²) in [7, 11) is -3.68. The van der Waals surface area contributed by atoms with E-state index in [9.17, 15) is 53.1 Å². The molecule has 4 aromatic heterocycles. The molecule has 0 bridgehead atoms. The lowest BCUT2D eigenvalue weighted by atomic mass is 10.2. The molecule has 0 amide bonds. The van der Waals surface area contributed by atoms with Gasteiger partial charge in [-0.3, -0.25) is 9.78 Å². The maximum Gasteiger partial charge on any atom is 0.510 e. The Kier molecular flexibility index (Phi) is 23.3. The molecule has 5 rings (SSSR count). The van der Waals surface area contributed by atoms with Gasteiger partial charge >= 0.3 is 18.3 Å². The van der Waals surface area contributed by atoms with Crippen LogP contribution in [0.2, 0.25) is 0 Å². The largest absolute Gasteiger partial charge is 0.510 e. The zero-order chi connectivity index (χ0) is 56.3. The summed E-state index contributed by atoms with van der Waals surface area (Å²) in [5.74, 6) is -2.96. The molecule has 0 fully saturated rings. The van der Waals surface area contributed by atoms with Crippen molar-refractivity contribution in [3.63, 3.8) is 0 Å². The number of carbonyl (C=O) groups excluding carboxylic acids is 3. The summed E-state index contributed by atoms with van der Waals surface area (Å²) in [5, 5.41) is 39.0. The average molecular weight is 1120 g/mol. The van der Waals surface area contributed by atoms with E-state index in [2.05, 4.69) is 50.0 Å². The Labute approximate surface area is 438 Å². The fraction of sp³-hybridized carbons (Fsp3) is 0.415. The summed E-state index contributed by atoms with van der Waals surface area (Å²) >= 11 is 0. The number of rotatable bonds is 35. The van der Waals surface area contributed by atoms with Gasteiger partial charge in [-0.2, -0.15) is 18.1 Å². The van der Waals surface area contributed by atoms with E-state index in [4.69, 9.17) is 47.4 Å². The van der Waals surface area contributed by atoms with E-state index in [0.29, 0.717) is 9.87 Å². The van der Waals surface area contributed by atoms with Crippen molar-refractivity contribution in [1.82, 2.24) is 40.1 Å². The van der Waals surface area contributed by atoms with E-state index in [0.717, 1.165) is 10.7 Å². The molecule has 0 unspecified atom stereocenters. The molecule has 0 saturated carbocycles. The van der Waals surface area contributed by atoms with Crippen LogP contribution in [-0.4, -0.2) is 169 Å². The minimum absolute atomic E-state index is 0.00833. The predicted molar refractivity (Wildman–Crippen MR) is 250 cm³/mol. The lowest BCUT2D eigenvalue weighted by molar-refractivity contribution is -0.758. The van der Waals surface area contributed by atoms with Crippen molar-refractivity contribution in [2.45, 2.75) is 31.5 Å². The fourth-order valence-corrected chi connectivity index (χ4v) is 6.99. The van der Waals surface area contributed by atoms with Gasteiger partial charge < -0.3 is 61.9 Å². The molecule has 36 nitrogen and oxygen atoms in total. The smallest absolute Gasteiger partial charge is 0.493 e. The van der Waals surface area contributed by atoms with Gasteiger partial charge in [0.05, 0.1) is 40.1 Å². The van der Waals surface area contributed by atoms with E-state index >= 15 is 0 Å². The van der Waals surface area contributed by atoms with E-state index in [1.54, 1.807) is 19.1 Å². The summed E-state index contributed by atoms with van der Waals surface area (Å²) in [6.45, 7) is -3.91. The number of tetrazole rings is 1. The first-order valence-corrected chi connectivity index (χ1v) is 23.8. The molecule has 5 aromatic rings. The number of esters is 1. The second-order valence-corrected chi connectivity index (χ2v) is 16.3. The predicted octanol–water partition coefficient (Wildman–Crippen LogP) is 2.47. The first-order valence-electron chi connectivity index (χ1n) is 22.3. The number of benzene rings is 1. The highest BCUT2D eigenvalue weighted by atomic mass is 32.2. The number of para-hydroxylation sites is 2. The van der Waals surface area contributed by atoms with E-state index in [1.807, 2.05) is 0 Å². The van der Waals surface area contributed by atoms with Crippen molar-refractivity contribution in [2.24, 2.45) is 0 Å². The number of carbonyl (C=O) groups is 3. The quantitative estimate of drug-likeness (QED) is 0.0140. The molecule has 4 heterocycles. The third-order valence-electron chi connectivity index (χ3n) is 9.21. The van der Waals surface area contributed by atoms with Gasteiger partial charge in [-0.1, -0.05) is 18.2 Å². The maximum absolute atomic E-state index is 14.9. The number of pyridine rings is 2. The van der Waals surface area contributed by atoms with Crippen molar-refractivity contribution in [3.05, 3.63) is 96.8 Å². The number of aryl methyl sites for hydroxylation is 1. The Morgan fingerprint density at radius 2 is 1.36 bits per heavy atom. The van der Waals surface area contributed by atoms with Gasteiger partial charge in [0.15, 0.2) is 41.6 Å². The summed E-state index contributed by atoms with van der Waals surface area (Å²) < 4.78 is 85.0. The summed E-state index contributed by atoms with van der Waals surface area (Å²) in [6, 6.07) is 11.4. The Balaban J connectivity index is 1.55. The summed E-state index contributed by atoms with van der Waals surface area (Å²) in [6.07, 6.45) is -0.434. The molecule has 1 aromatic carbocycles. The van der Waals surface area contributed by atoms with E-state index in [-0.39, 0.29) is 93.5 Å². The maximum atomic E-state index is 14.9. The number of hydrogen-bond acceptors (Lipinski definition) is 31. The van der Waals surface area contributed by atoms with E-state index < -0.39 is 106 Å². The number of nitrogens with zero attached hydrogens (tertiary/aromatic N) is 12. The highest BCUT2D eigenvalue weighted by Crippen LogP contribution is 2.44. The Morgan fingerprint density at radius 3 is 2.01 bits per heavy atom. The third-order valence-corrected chi connectivity index (χ3v) is 10.8.